The lowest BCUT2D eigenvalue weighted by Crippen LogP contribution is -2.05. The van der Waals surface area contributed by atoms with Crippen LogP contribution in [0.4, 0.5) is 0 Å². The van der Waals surface area contributed by atoms with Crippen molar-refractivity contribution in [3.8, 4) is 0 Å². The molecule has 0 radical (unpaired) electrons. The van der Waals surface area contributed by atoms with Gasteiger partial charge in [-0.3, -0.25) is 0 Å². The molecular weight excluding hydrogens is 250 g/mol. The van der Waals surface area contributed by atoms with Crippen molar-refractivity contribution in [2.45, 2.75) is 26.7 Å². The molecule has 0 spiro atoms. The highest BCUT2D eigenvalue weighted by Gasteiger charge is 2.57. The first-order valence-corrected chi connectivity index (χ1v) is 6.24. The highest BCUT2D eigenvalue weighted by molar-refractivity contribution is 9.10. The molecule has 1 saturated carbocycles. The van der Waals surface area contributed by atoms with Gasteiger partial charge < -0.3 is 5.73 Å². The minimum atomic E-state index is 0.378. The van der Waals surface area contributed by atoms with E-state index in [-0.39, 0.29) is 0 Å². The first kappa shape index (κ1) is 11.2. The molecule has 0 aromatic heterocycles. The first-order valence-electron chi connectivity index (χ1n) is 5.44. The van der Waals surface area contributed by atoms with Gasteiger partial charge in [0.2, 0.25) is 0 Å². The van der Waals surface area contributed by atoms with Crippen LogP contribution in [-0.2, 0) is 0 Å². The molecule has 0 saturated heterocycles. The van der Waals surface area contributed by atoms with Gasteiger partial charge in [-0.15, -0.1) is 0 Å². The molecule has 1 aliphatic rings. The Morgan fingerprint density at radius 2 is 2.07 bits per heavy atom. The lowest BCUT2D eigenvalue weighted by atomic mass is 10.0. The van der Waals surface area contributed by atoms with Crippen LogP contribution in [0.15, 0.2) is 22.7 Å². The van der Waals surface area contributed by atoms with E-state index in [1.807, 2.05) is 0 Å². The van der Waals surface area contributed by atoms with Gasteiger partial charge in [-0.1, -0.05) is 41.9 Å². The fourth-order valence-electron chi connectivity index (χ4n) is 2.65. The van der Waals surface area contributed by atoms with Gasteiger partial charge in [-0.05, 0) is 47.9 Å². The van der Waals surface area contributed by atoms with Gasteiger partial charge in [0.1, 0.15) is 0 Å². The predicted octanol–water partition coefficient (Wildman–Crippen LogP) is 3.46. The van der Waals surface area contributed by atoms with Crippen molar-refractivity contribution in [3.63, 3.8) is 0 Å². The highest BCUT2D eigenvalue weighted by atomic mass is 79.9. The van der Waals surface area contributed by atoms with E-state index in [1.54, 1.807) is 0 Å². The van der Waals surface area contributed by atoms with Crippen LogP contribution < -0.4 is 5.73 Å². The zero-order valence-corrected chi connectivity index (χ0v) is 11.1. The summed E-state index contributed by atoms with van der Waals surface area (Å²) in [6.07, 6.45) is 0. The van der Waals surface area contributed by atoms with Crippen LogP contribution in [0, 0.1) is 18.3 Å². The Labute approximate surface area is 100 Å². The Kier molecular flexibility index (Phi) is 2.68. The van der Waals surface area contributed by atoms with Crippen molar-refractivity contribution in [1.82, 2.24) is 0 Å². The van der Waals surface area contributed by atoms with E-state index in [2.05, 4.69) is 54.9 Å². The van der Waals surface area contributed by atoms with E-state index < -0.39 is 0 Å². The topological polar surface area (TPSA) is 26.0 Å². The van der Waals surface area contributed by atoms with Gasteiger partial charge in [0.05, 0.1) is 0 Å². The van der Waals surface area contributed by atoms with Gasteiger partial charge in [0.15, 0.2) is 0 Å². The number of benzene rings is 1. The van der Waals surface area contributed by atoms with Crippen LogP contribution in [0.3, 0.4) is 0 Å². The molecule has 1 nitrogen and oxygen atoms in total. The van der Waals surface area contributed by atoms with E-state index in [4.69, 9.17) is 5.73 Å². The average molecular weight is 268 g/mol. The average Bonchev–Trinajstić information content (AvgIpc) is 2.73. The number of hydrogen-bond donors (Lipinski definition) is 1. The normalized spacial score (nSPS) is 27.8. The summed E-state index contributed by atoms with van der Waals surface area (Å²) in [5.74, 6) is 1.28. The van der Waals surface area contributed by atoms with Crippen LogP contribution >= 0.6 is 15.9 Å². The largest absolute Gasteiger partial charge is 0.330 e. The highest BCUT2D eigenvalue weighted by Crippen LogP contribution is 2.63. The Bertz CT molecular complexity index is 384. The number of hydrogen-bond acceptors (Lipinski definition) is 1. The molecule has 0 aliphatic heterocycles. The molecule has 2 rings (SSSR count). The molecule has 1 aliphatic carbocycles. The summed E-state index contributed by atoms with van der Waals surface area (Å²) in [7, 11) is 0. The Hall–Kier alpha value is -0.340. The molecule has 0 amide bonds. The predicted molar refractivity (Wildman–Crippen MR) is 67.9 cm³/mol. The summed E-state index contributed by atoms with van der Waals surface area (Å²) in [4.78, 5) is 0. The molecule has 15 heavy (non-hydrogen) atoms. The molecule has 1 aromatic rings. The summed E-state index contributed by atoms with van der Waals surface area (Å²) >= 11 is 3.59. The second-order valence-corrected chi connectivity index (χ2v) is 6.00. The van der Waals surface area contributed by atoms with Crippen molar-refractivity contribution >= 4 is 15.9 Å². The quantitative estimate of drug-likeness (QED) is 0.873. The Morgan fingerprint density at radius 1 is 1.40 bits per heavy atom. The summed E-state index contributed by atoms with van der Waals surface area (Å²) in [5.41, 5.74) is 8.89. The maximum absolute atomic E-state index is 5.79. The molecule has 2 unspecified atom stereocenters. The summed E-state index contributed by atoms with van der Waals surface area (Å²) < 4.78 is 1.21. The van der Waals surface area contributed by atoms with Gasteiger partial charge in [0, 0.05) is 4.47 Å². The molecule has 0 heterocycles. The van der Waals surface area contributed by atoms with E-state index >= 15 is 0 Å². The molecule has 2 atom stereocenters. The van der Waals surface area contributed by atoms with Gasteiger partial charge in [0.25, 0.3) is 0 Å². The van der Waals surface area contributed by atoms with Crippen molar-refractivity contribution in [2.24, 2.45) is 17.1 Å². The maximum atomic E-state index is 5.79. The number of nitrogens with two attached hydrogens (primary N) is 1. The van der Waals surface area contributed by atoms with Crippen molar-refractivity contribution in [3.05, 3.63) is 33.8 Å². The summed E-state index contributed by atoms with van der Waals surface area (Å²) in [6.45, 7) is 7.53. The third-order valence-corrected chi connectivity index (χ3v) is 4.71. The van der Waals surface area contributed by atoms with Crippen LogP contribution in [0.1, 0.15) is 30.9 Å². The van der Waals surface area contributed by atoms with Gasteiger partial charge in [-0.25, -0.2) is 0 Å². The van der Waals surface area contributed by atoms with Crippen molar-refractivity contribution in [1.29, 1.82) is 0 Å². The molecule has 2 heteroatoms. The second-order valence-electron chi connectivity index (χ2n) is 5.15. The third kappa shape index (κ3) is 1.74. The minimum absolute atomic E-state index is 0.378. The maximum Gasteiger partial charge on any atom is 0.0207 e. The molecule has 1 fully saturated rings. The Morgan fingerprint density at radius 3 is 2.53 bits per heavy atom. The molecule has 0 bridgehead atoms. The fourth-order valence-corrected chi connectivity index (χ4v) is 3.04. The van der Waals surface area contributed by atoms with E-state index in [9.17, 15) is 0 Å². The van der Waals surface area contributed by atoms with E-state index in [0.717, 1.165) is 6.54 Å². The minimum Gasteiger partial charge on any atom is -0.330 e. The van der Waals surface area contributed by atoms with Crippen LogP contribution in [0.2, 0.25) is 0 Å². The monoisotopic (exact) mass is 267 g/mol. The summed E-state index contributed by atoms with van der Waals surface area (Å²) in [5, 5.41) is 0. The van der Waals surface area contributed by atoms with Gasteiger partial charge in [-0.2, -0.15) is 0 Å². The fraction of sp³-hybridized carbons (Fsp3) is 0.538. The number of rotatable bonds is 2. The van der Waals surface area contributed by atoms with Crippen molar-refractivity contribution < 1.29 is 0 Å². The van der Waals surface area contributed by atoms with Gasteiger partial charge >= 0.3 is 0 Å². The zero-order chi connectivity index (χ0) is 11.2. The number of aryl methyl sites for hydroxylation is 1. The third-order valence-electron chi connectivity index (χ3n) is 3.86. The van der Waals surface area contributed by atoms with Crippen molar-refractivity contribution in [2.75, 3.05) is 6.54 Å². The van der Waals surface area contributed by atoms with Crippen LogP contribution in [0.5, 0.6) is 0 Å². The molecular formula is C13H18BrN. The lowest BCUT2D eigenvalue weighted by molar-refractivity contribution is 0.558. The number of halogens is 1. The molecule has 82 valence electrons. The second kappa shape index (κ2) is 3.60. The van der Waals surface area contributed by atoms with Crippen LogP contribution in [-0.4, -0.2) is 6.54 Å². The molecule has 2 N–H and O–H groups in total. The lowest BCUT2D eigenvalue weighted by Gasteiger charge is -2.05. The molecule has 1 aromatic carbocycles. The zero-order valence-electron chi connectivity index (χ0n) is 9.55. The standard InChI is InChI=1S/C13H18BrN/c1-8-4-5-9(6-11(8)14)12-10(7-15)13(12,2)3/h4-6,10,12H,7,15H2,1-3H3. The van der Waals surface area contributed by atoms with Crippen LogP contribution in [0.25, 0.3) is 0 Å². The van der Waals surface area contributed by atoms with E-state index in [1.165, 1.54) is 15.6 Å². The Balaban J connectivity index is 2.29. The smallest absolute Gasteiger partial charge is 0.0207 e. The first-order chi connectivity index (χ1) is 6.98. The van der Waals surface area contributed by atoms with E-state index in [0.29, 0.717) is 17.3 Å². The SMILES string of the molecule is Cc1ccc(C2C(CN)C2(C)C)cc1Br. The summed E-state index contributed by atoms with van der Waals surface area (Å²) in [6, 6.07) is 6.67.